The van der Waals surface area contributed by atoms with Crippen molar-refractivity contribution in [2.45, 2.75) is 46.6 Å². The van der Waals surface area contributed by atoms with Crippen molar-refractivity contribution in [1.29, 1.82) is 0 Å². The molecule has 1 unspecified atom stereocenters. The van der Waals surface area contributed by atoms with Crippen molar-refractivity contribution in [3.8, 4) is 5.75 Å². The highest BCUT2D eigenvalue weighted by atomic mass is 16.5. The Morgan fingerprint density at radius 1 is 1.09 bits per heavy atom. The molecule has 0 aliphatic carbocycles. The monoisotopic (exact) mass is 446 g/mol. The van der Waals surface area contributed by atoms with E-state index in [1.54, 1.807) is 23.1 Å². The lowest BCUT2D eigenvalue weighted by Gasteiger charge is -2.25. The number of aliphatic hydroxyl groups excluding tert-OH is 1. The van der Waals surface area contributed by atoms with Crippen LogP contribution in [0.2, 0.25) is 0 Å². The van der Waals surface area contributed by atoms with Gasteiger partial charge in [-0.15, -0.1) is 0 Å². The van der Waals surface area contributed by atoms with E-state index in [0.29, 0.717) is 25.1 Å². The van der Waals surface area contributed by atoms with Gasteiger partial charge in [0.15, 0.2) is 0 Å². The average Bonchev–Trinajstić information content (AvgIpc) is 3.25. The molecule has 4 rings (SSSR count). The minimum Gasteiger partial charge on any atom is -0.507 e. The topological polar surface area (TPSA) is 82.6 Å². The number of aryl methyl sites for hydroxylation is 2. The molecule has 2 N–H and O–H groups in total. The lowest BCUT2D eigenvalue weighted by atomic mass is 9.93. The second-order valence-electron chi connectivity index (χ2n) is 8.53. The number of H-pyrrole nitrogens is 1. The molecule has 1 atom stereocenters. The number of aromatic amines is 1. The van der Waals surface area contributed by atoms with E-state index in [1.165, 1.54) is 0 Å². The number of nitrogens with one attached hydrogen (secondary N) is 1. The zero-order valence-corrected chi connectivity index (χ0v) is 19.6. The Morgan fingerprint density at radius 2 is 1.85 bits per heavy atom. The standard InChI is InChI=1S/C27H30N2O4/c1-5-13-29-24(22-17(4)28-20-10-8-7-9-19(20)22)23(26(31)27(29)32)25(30)18-11-12-21(16(3)15-18)33-14-6-2/h7-12,15,24,28,30H,5-6,13-14H2,1-4H3/b25-23+. The number of nitrogens with zero attached hydrogens (tertiary/aromatic N) is 1. The molecule has 33 heavy (non-hydrogen) atoms. The summed E-state index contributed by atoms with van der Waals surface area (Å²) < 4.78 is 5.75. The van der Waals surface area contributed by atoms with Gasteiger partial charge < -0.3 is 19.7 Å². The zero-order valence-electron chi connectivity index (χ0n) is 19.6. The van der Waals surface area contributed by atoms with Gasteiger partial charge in [-0.2, -0.15) is 0 Å². The number of hydrogen-bond donors (Lipinski definition) is 2. The number of para-hydroxylation sites is 1. The van der Waals surface area contributed by atoms with Crippen LogP contribution in [-0.4, -0.2) is 39.8 Å². The van der Waals surface area contributed by atoms with Crippen LogP contribution in [0.5, 0.6) is 5.75 Å². The predicted octanol–water partition coefficient (Wildman–Crippen LogP) is 5.41. The van der Waals surface area contributed by atoms with Crippen molar-refractivity contribution in [3.63, 3.8) is 0 Å². The molecular weight excluding hydrogens is 416 g/mol. The number of amides is 1. The first-order chi connectivity index (χ1) is 15.9. The van der Waals surface area contributed by atoms with Gasteiger partial charge in [0, 0.05) is 34.3 Å². The fourth-order valence-corrected chi connectivity index (χ4v) is 4.63. The van der Waals surface area contributed by atoms with Gasteiger partial charge >= 0.3 is 0 Å². The maximum Gasteiger partial charge on any atom is 0.295 e. The van der Waals surface area contributed by atoms with Crippen LogP contribution in [0, 0.1) is 13.8 Å². The highest BCUT2D eigenvalue weighted by Crippen LogP contribution is 2.43. The molecule has 172 valence electrons. The van der Waals surface area contributed by atoms with Crippen molar-refractivity contribution in [3.05, 3.63) is 70.4 Å². The Labute approximate surface area is 193 Å². The van der Waals surface area contributed by atoms with Crippen LogP contribution in [0.1, 0.15) is 55.1 Å². The molecule has 6 nitrogen and oxygen atoms in total. The number of ketones is 1. The molecule has 0 bridgehead atoms. The van der Waals surface area contributed by atoms with Gasteiger partial charge in [0.25, 0.3) is 11.7 Å². The van der Waals surface area contributed by atoms with Crippen LogP contribution in [0.4, 0.5) is 0 Å². The summed E-state index contributed by atoms with van der Waals surface area (Å²) in [5.41, 5.74) is 4.13. The number of fused-ring (bicyclic) bond motifs is 1. The van der Waals surface area contributed by atoms with Gasteiger partial charge in [-0.25, -0.2) is 0 Å². The zero-order chi connectivity index (χ0) is 23.7. The van der Waals surface area contributed by atoms with E-state index in [1.807, 2.05) is 52.0 Å². The highest BCUT2D eigenvalue weighted by molar-refractivity contribution is 6.46. The Bertz CT molecular complexity index is 1250. The van der Waals surface area contributed by atoms with E-state index in [9.17, 15) is 14.7 Å². The molecule has 1 amide bonds. The molecule has 3 aromatic rings. The van der Waals surface area contributed by atoms with Crippen LogP contribution in [0.15, 0.2) is 48.0 Å². The average molecular weight is 447 g/mol. The number of benzene rings is 2. The largest absolute Gasteiger partial charge is 0.507 e. The predicted molar refractivity (Wildman–Crippen MR) is 129 cm³/mol. The molecule has 1 fully saturated rings. The highest BCUT2D eigenvalue weighted by Gasteiger charge is 2.47. The molecule has 1 aliphatic rings. The molecule has 2 aromatic carbocycles. The molecule has 1 aromatic heterocycles. The maximum absolute atomic E-state index is 13.2. The Kier molecular flexibility index (Phi) is 6.27. The summed E-state index contributed by atoms with van der Waals surface area (Å²) in [6, 6.07) is 12.5. The lowest BCUT2D eigenvalue weighted by Crippen LogP contribution is -2.30. The molecule has 6 heteroatoms. The number of carbonyl (C=O) groups is 2. The lowest BCUT2D eigenvalue weighted by molar-refractivity contribution is -0.139. The summed E-state index contributed by atoms with van der Waals surface area (Å²) in [7, 11) is 0. The number of ether oxygens (including phenoxy) is 1. The first kappa shape index (κ1) is 22.6. The second-order valence-corrected chi connectivity index (χ2v) is 8.53. The van der Waals surface area contributed by atoms with Gasteiger partial charge in [0.1, 0.15) is 11.5 Å². The number of hydrogen-bond acceptors (Lipinski definition) is 4. The van der Waals surface area contributed by atoms with Gasteiger partial charge in [-0.05, 0) is 56.5 Å². The Hall–Kier alpha value is -3.54. The normalized spacial score (nSPS) is 17.8. The van der Waals surface area contributed by atoms with Gasteiger partial charge in [-0.1, -0.05) is 32.0 Å². The Morgan fingerprint density at radius 3 is 2.55 bits per heavy atom. The number of likely N-dealkylation sites (tertiary alicyclic amines) is 1. The minimum absolute atomic E-state index is 0.128. The number of aliphatic hydroxyl groups is 1. The fourth-order valence-electron chi connectivity index (χ4n) is 4.63. The molecule has 0 saturated carbocycles. The van der Waals surface area contributed by atoms with Gasteiger partial charge in [0.05, 0.1) is 18.2 Å². The first-order valence-corrected chi connectivity index (χ1v) is 11.5. The molecule has 1 aliphatic heterocycles. The third-order valence-corrected chi connectivity index (χ3v) is 6.13. The summed E-state index contributed by atoms with van der Waals surface area (Å²) in [6.07, 6.45) is 1.60. The summed E-state index contributed by atoms with van der Waals surface area (Å²) in [5.74, 6) is -0.650. The third-order valence-electron chi connectivity index (χ3n) is 6.13. The van der Waals surface area contributed by atoms with E-state index in [2.05, 4.69) is 4.98 Å². The van der Waals surface area contributed by atoms with E-state index in [0.717, 1.165) is 39.9 Å². The van der Waals surface area contributed by atoms with Gasteiger partial charge in [0.2, 0.25) is 0 Å². The van der Waals surface area contributed by atoms with E-state index in [-0.39, 0.29) is 11.3 Å². The number of rotatable bonds is 7. The van der Waals surface area contributed by atoms with Crippen molar-refractivity contribution >= 4 is 28.4 Å². The van der Waals surface area contributed by atoms with E-state index in [4.69, 9.17) is 4.74 Å². The van der Waals surface area contributed by atoms with Crippen LogP contribution < -0.4 is 4.74 Å². The molecular formula is C27H30N2O4. The van der Waals surface area contributed by atoms with E-state index >= 15 is 0 Å². The molecule has 1 saturated heterocycles. The van der Waals surface area contributed by atoms with Crippen LogP contribution >= 0.6 is 0 Å². The number of aromatic nitrogens is 1. The SMILES string of the molecule is CCCOc1ccc(/C(O)=C2\C(=O)C(=O)N(CCC)C2c2c(C)[nH]c3ccccc23)cc1C. The Balaban J connectivity index is 1.90. The summed E-state index contributed by atoms with van der Waals surface area (Å²) in [6.45, 7) is 8.88. The van der Waals surface area contributed by atoms with Crippen LogP contribution in [0.3, 0.4) is 0 Å². The summed E-state index contributed by atoms with van der Waals surface area (Å²) in [4.78, 5) is 31.2. The van der Waals surface area contributed by atoms with E-state index < -0.39 is 17.7 Å². The van der Waals surface area contributed by atoms with Crippen molar-refractivity contribution in [2.75, 3.05) is 13.2 Å². The first-order valence-electron chi connectivity index (χ1n) is 11.5. The molecule has 2 heterocycles. The third kappa shape index (κ3) is 3.90. The van der Waals surface area contributed by atoms with Gasteiger partial charge in [-0.3, -0.25) is 9.59 Å². The molecule has 0 radical (unpaired) electrons. The number of carbonyl (C=O) groups excluding carboxylic acids is 2. The van der Waals surface area contributed by atoms with Crippen molar-refractivity contribution in [2.24, 2.45) is 0 Å². The van der Waals surface area contributed by atoms with Crippen molar-refractivity contribution < 1.29 is 19.4 Å². The maximum atomic E-state index is 13.2. The second kappa shape index (κ2) is 9.14. The minimum atomic E-state index is -0.655. The molecule has 0 spiro atoms. The summed E-state index contributed by atoms with van der Waals surface area (Å²) in [5, 5.41) is 12.3. The van der Waals surface area contributed by atoms with Crippen molar-refractivity contribution in [1.82, 2.24) is 9.88 Å². The number of Topliss-reactive ketones (excluding diaryl/α,β-unsaturated/α-hetero) is 1. The van der Waals surface area contributed by atoms with Crippen LogP contribution in [0.25, 0.3) is 16.7 Å². The summed E-state index contributed by atoms with van der Waals surface area (Å²) >= 11 is 0. The fraction of sp³-hybridized carbons (Fsp3) is 0.333. The smallest absolute Gasteiger partial charge is 0.295 e. The quantitative estimate of drug-likeness (QED) is 0.289. The van der Waals surface area contributed by atoms with Crippen LogP contribution in [-0.2, 0) is 9.59 Å².